The molecule has 0 bridgehead atoms. The monoisotopic (exact) mass is 395 g/mol. The average Bonchev–Trinajstić information content (AvgIpc) is 3.06. The van der Waals surface area contributed by atoms with Crippen LogP contribution in [0.1, 0.15) is 22.9 Å². The third-order valence-electron chi connectivity index (χ3n) is 4.64. The van der Waals surface area contributed by atoms with Crippen LogP contribution in [0.2, 0.25) is 15.1 Å². The molecule has 0 saturated carbocycles. The predicted octanol–water partition coefficient (Wildman–Crippen LogP) is 4.38. The zero-order valence-corrected chi connectivity index (χ0v) is 15.7. The molecule has 3 aromatic rings. The number of fused-ring (bicyclic) bond motifs is 2. The van der Waals surface area contributed by atoms with Gasteiger partial charge in [0.1, 0.15) is 5.65 Å². The van der Waals surface area contributed by atoms with Crippen molar-refractivity contribution in [2.45, 2.75) is 25.1 Å². The number of benzene rings is 1. The molecule has 0 fully saturated rings. The van der Waals surface area contributed by atoms with E-state index in [0.29, 0.717) is 28.0 Å². The first-order valence-electron chi connectivity index (χ1n) is 7.91. The Bertz CT molecular complexity index is 956. The summed E-state index contributed by atoms with van der Waals surface area (Å²) in [7, 11) is 1.97. The van der Waals surface area contributed by atoms with Crippen LogP contribution in [0.3, 0.4) is 0 Å². The smallest absolute Gasteiger partial charge is 0.137 e. The predicted molar refractivity (Wildman–Crippen MR) is 101 cm³/mol. The van der Waals surface area contributed by atoms with Crippen LogP contribution in [0.5, 0.6) is 0 Å². The molecule has 0 amide bonds. The van der Waals surface area contributed by atoms with Crippen LogP contribution in [-0.4, -0.2) is 32.5 Å². The van der Waals surface area contributed by atoms with E-state index in [1.807, 2.05) is 42.0 Å². The molecule has 2 atom stereocenters. The fourth-order valence-electron chi connectivity index (χ4n) is 3.61. The Kier molecular flexibility index (Phi) is 4.42. The molecule has 7 heteroatoms. The normalized spacial score (nSPS) is 19.8. The van der Waals surface area contributed by atoms with Gasteiger partial charge in [-0.1, -0.05) is 34.8 Å². The Morgan fingerprint density at radius 2 is 2.00 bits per heavy atom. The largest absolute Gasteiger partial charge is 0.391 e. The van der Waals surface area contributed by atoms with Crippen molar-refractivity contribution in [2.75, 3.05) is 7.05 Å². The van der Waals surface area contributed by atoms with Gasteiger partial charge in [-0.25, -0.2) is 4.98 Å². The summed E-state index contributed by atoms with van der Waals surface area (Å²) < 4.78 is 1.90. The van der Waals surface area contributed by atoms with Gasteiger partial charge < -0.3 is 9.51 Å². The van der Waals surface area contributed by atoms with Crippen LogP contribution in [0, 0.1) is 0 Å². The highest BCUT2D eigenvalue weighted by Gasteiger charge is 2.35. The maximum Gasteiger partial charge on any atom is 0.137 e. The second-order valence-corrected chi connectivity index (χ2v) is 7.71. The summed E-state index contributed by atoms with van der Waals surface area (Å²) >= 11 is 18.5. The number of aliphatic hydroxyl groups excluding tert-OH is 1. The molecule has 130 valence electrons. The standard InChI is InChI=1S/C18H16Cl3N3O/c1-23(8-12-9-24-7-10(19)2-3-17(24)22-12)18-14-4-11(20)5-15(21)13(14)6-16(18)25/h2-5,7,9,16,18,25H,6,8H2,1H3. The lowest BCUT2D eigenvalue weighted by atomic mass is 10.1. The summed E-state index contributed by atoms with van der Waals surface area (Å²) in [6, 6.07) is 7.15. The van der Waals surface area contributed by atoms with Crippen molar-refractivity contribution in [2.24, 2.45) is 0 Å². The highest BCUT2D eigenvalue weighted by atomic mass is 35.5. The van der Waals surface area contributed by atoms with Gasteiger partial charge in [0.05, 0.1) is 22.9 Å². The summed E-state index contributed by atoms with van der Waals surface area (Å²) in [5.74, 6) is 0. The van der Waals surface area contributed by atoms with Crippen molar-refractivity contribution in [1.82, 2.24) is 14.3 Å². The third-order valence-corrected chi connectivity index (χ3v) is 5.42. The second-order valence-electron chi connectivity index (χ2n) is 6.43. The maximum atomic E-state index is 10.6. The van der Waals surface area contributed by atoms with E-state index in [0.717, 1.165) is 22.5 Å². The lowest BCUT2D eigenvalue weighted by Crippen LogP contribution is -2.30. The fourth-order valence-corrected chi connectivity index (χ4v) is 4.36. The lowest BCUT2D eigenvalue weighted by molar-refractivity contribution is 0.0719. The molecule has 1 N–H and O–H groups in total. The first kappa shape index (κ1) is 17.1. The van der Waals surface area contributed by atoms with E-state index >= 15 is 0 Å². The van der Waals surface area contributed by atoms with Gasteiger partial charge in [0.2, 0.25) is 0 Å². The second kappa shape index (κ2) is 6.45. The van der Waals surface area contributed by atoms with E-state index in [4.69, 9.17) is 34.8 Å². The minimum absolute atomic E-state index is 0.167. The Morgan fingerprint density at radius 3 is 2.80 bits per heavy atom. The van der Waals surface area contributed by atoms with Crippen molar-refractivity contribution in [1.29, 1.82) is 0 Å². The van der Waals surface area contributed by atoms with Gasteiger partial charge in [-0.3, -0.25) is 4.90 Å². The molecule has 1 aliphatic carbocycles. The third kappa shape index (κ3) is 3.14. The molecule has 4 rings (SSSR count). The lowest BCUT2D eigenvalue weighted by Gasteiger charge is -2.27. The SMILES string of the molecule is CN(Cc1cn2cc(Cl)ccc2n1)C1c2cc(Cl)cc(Cl)c2CC1O. The van der Waals surface area contributed by atoms with Crippen LogP contribution < -0.4 is 0 Å². The van der Waals surface area contributed by atoms with E-state index in [2.05, 4.69) is 9.88 Å². The van der Waals surface area contributed by atoms with Crippen molar-refractivity contribution < 1.29 is 5.11 Å². The van der Waals surface area contributed by atoms with Gasteiger partial charge in [0.25, 0.3) is 0 Å². The Hall–Kier alpha value is -1.30. The minimum Gasteiger partial charge on any atom is -0.391 e. The van der Waals surface area contributed by atoms with Crippen LogP contribution in [0.4, 0.5) is 0 Å². The number of imidazole rings is 1. The molecule has 0 radical (unpaired) electrons. The molecule has 25 heavy (non-hydrogen) atoms. The van der Waals surface area contributed by atoms with E-state index < -0.39 is 6.10 Å². The molecule has 0 saturated heterocycles. The van der Waals surface area contributed by atoms with Crippen molar-refractivity contribution in [3.05, 3.63) is 68.5 Å². The number of halogens is 3. The number of hydrogen-bond donors (Lipinski definition) is 1. The highest BCUT2D eigenvalue weighted by molar-refractivity contribution is 6.35. The van der Waals surface area contributed by atoms with E-state index in [9.17, 15) is 5.11 Å². The van der Waals surface area contributed by atoms with Crippen molar-refractivity contribution in [3.63, 3.8) is 0 Å². The topological polar surface area (TPSA) is 40.8 Å². The zero-order chi connectivity index (χ0) is 17.7. The number of rotatable bonds is 3. The van der Waals surface area contributed by atoms with Gasteiger partial charge >= 0.3 is 0 Å². The summed E-state index contributed by atoms with van der Waals surface area (Å²) in [5.41, 5.74) is 3.70. The molecular formula is C18H16Cl3N3O. The van der Waals surface area contributed by atoms with Crippen LogP contribution in [-0.2, 0) is 13.0 Å². The Labute approximate surface area is 160 Å². The van der Waals surface area contributed by atoms with Gasteiger partial charge in [0, 0.05) is 35.4 Å². The highest BCUT2D eigenvalue weighted by Crippen LogP contribution is 2.41. The number of aromatic nitrogens is 2. The summed E-state index contributed by atoms with van der Waals surface area (Å²) in [4.78, 5) is 6.69. The molecule has 0 aliphatic heterocycles. The number of aliphatic hydroxyl groups is 1. The fraction of sp³-hybridized carbons (Fsp3) is 0.278. The molecule has 2 aromatic heterocycles. The van der Waals surface area contributed by atoms with E-state index in [1.165, 1.54) is 0 Å². The van der Waals surface area contributed by atoms with Gasteiger partial charge in [0.15, 0.2) is 0 Å². The summed E-state index contributed by atoms with van der Waals surface area (Å²) in [6.07, 6.45) is 3.78. The summed E-state index contributed by atoms with van der Waals surface area (Å²) in [6.45, 7) is 0.588. The first-order chi connectivity index (χ1) is 11.9. The molecule has 2 heterocycles. The number of likely N-dealkylation sites (N-methyl/N-ethyl adjacent to an activating group) is 1. The van der Waals surface area contributed by atoms with Crippen LogP contribution in [0.15, 0.2) is 36.7 Å². The number of pyridine rings is 1. The molecule has 2 unspecified atom stereocenters. The minimum atomic E-state index is -0.526. The Balaban J connectivity index is 1.63. The quantitative estimate of drug-likeness (QED) is 0.714. The van der Waals surface area contributed by atoms with Crippen molar-refractivity contribution >= 4 is 40.4 Å². The van der Waals surface area contributed by atoms with E-state index in [-0.39, 0.29) is 6.04 Å². The molecular weight excluding hydrogens is 381 g/mol. The maximum absolute atomic E-state index is 10.6. The van der Waals surface area contributed by atoms with Gasteiger partial charge in [-0.15, -0.1) is 0 Å². The van der Waals surface area contributed by atoms with Crippen LogP contribution in [0.25, 0.3) is 5.65 Å². The van der Waals surface area contributed by atoms with Gasteiger partial charge in [-0.2, -0.15) is 0 Å². The van der Waals surface area contributed by atoms with Crippen molar-refractivity contribution in [3.8, 4) is 0 Å². The molecule has 1 aromatic carbocycles. The Morgan fingerprint density at radius 1 is 1.20 bits per heavy atom. The zero-order valence-electron chi connectivity index (χ0n) is 13.5. The van der Waals surface area contributed by atoms with Crippen LogP contribution >= 0.6 is 34.8 Å². The van der Waals surface area contributed by atoms with E-state index in [1.54, 1.807) is 6.07 Å². The number of nitrogens with zero attached hydrogens (tertiary/aromatic N) is 3. The number of hydrogen-bond acceptors (Lipinski definition) is 3. The molecule has 0 spiro atoms. The average molecular weight is 397 g/mol. The molecule has 4 nitrogen and oxygen atoms in total. The van der Waals surface area contributed by atoms with Gasteiger partial charge in [-0.05, 0) is 42.4 Å². The first-order valence-corrected chi connectivity index (χ1v) is 9.05. The summed E-state index contributed by atoms with van der Waals surface area (Å²) in [5, 5.41) is 12.4. The molecule has 1 aliphatic rings.